The number of aliphatic hydroxyl groups is 1. The average Bonchev–Trinajstić information content (AvgIpc) is 3.04. The van der Waals surface area contributed by atoms with E-state index in [0.717, 1.165) is 12.8 Å². The molecule has 0 aromatic heterocycles. The topological polar surface area (TPSA) is 58.3 Å². The second-order valence-electron chi connectivity index (χ2n) is 4.14. The van der Waals surface area contributed by atoms with Gasteiger partial charge in [-0.25, -0.2) is 4.39 Å². The Morgan fingerprint density at radius 1 is 1.56 bits per heavy atom. The highest BCUT2D eigenvalue weighted by Crippen LogP contribution is 2.33. The summed E-state index contributed by atoms with van der Waals surface area (Å²) in [6, 6.07) is 2.85. The molecular formula is C11H14BrFN2O. The number of halogens is 2. The van der Waals surface area contributed by atoms with Gasteiger partial charge in [-0.1, -0.05) is 0 Å². The third kappa shape index (κ3) is 2.65. The molecule has 0 saturated heterocycles. The highest BCUT2D eigenvalue weighted by atomic mass is 79.9. The number of nitrogens with two attached hydrogens (primary N) is 1. The highest BCUT2D eigenvalue weighted by molar-refractivity contribution is 9.10. The Morgan fingerprint density at radius 2 is 2.25 bits per heavy atom. The molecule has 88 valence electrons. The number of benzene rings is 1. The first-order valence-corrected chi connectivity index (χ1v) is 6.03. The zero-order valence-corrected chi connectivity index (χ0v) is 10.3. The van der Waals surface area contributed by atoms with Gasteiger partial charge in [0.15, 0.2) is 0 Å². The maximum atomic E-state index is 13.2. The molecule has 0 aliphatic heterocycles. The molecular weight excluding hydrogens is 275 g/mol. The first-order valence-electron chi connectivity index (χ1n) is 5.24. The number of nitrogen functional groups attached to an aromatic ring is 1. The average molecular weight is 289 g/mol. The Kier molecular flexibility index (Phi) is 3.35. The van der Waals surface area contributed by atoms with Gasteiger partial charge in [-0.3, -0.25) is 0 Å². The van der Waals surface area contributed by atoms with Crippen molar-refractivity contribution in [2.75, 3.05) is 17.6 Å². The molecule has 1 unspecified atom stereocenters. The Labute approximate surface area is 102 Å². The molecule has 1 saturated carbocycles. The molecule has 0 amide bonds. The molecule has 1 aliphatic carbocycles. The predicted octanol–water partition coefficient (Wildman–Crippen LogP) is 2.35. The molecule has 1 aliphatic rings. The molecule has 4 N–H and O–H groups in total. The van der Waals surface area contributed by atoms with Crippen LogP contribution in [0.25, 0.3) is 0 Å². The number of hydrogen-bond acceptors (Lipinski definition) is 3. The van der Waals surface area contributed by atoms with Gasteiger partial charge in [-0.15, -0.1) is 0 Å². The van der Waals surface area contributed by atoms with Crippen molar-refractivity contribution in [1.82, 2.24) is 0 Å². The largest absolute Gasteiger partial charge is 0.397 e. The SMILES string of the molecule is Nc1cc(Br)c(F)cc1NCC(O)C1CC1. The minimum atomic E-state index is -0.369. The van der Waals surface area contributed by atoms with E-state index in [1.165, 1.54) is 12.1 Å². The number of anilines is 2. The third-order valence-corrected chi connectivity index (χ3v) is 3.37. The van der Waals surface area contributed by atoms with Crippen LogP contribution in [0.3, 0.4) is 0 Å². The highest BCUT2D eigenvalue weighted by Gasteiger charge is 2.29. The number of aliphatic hydroxyl groups excluding tert-OH is 1. The molecule has 1 aromatic carbocycles. The van der Waals surface area contributed by atoms with E-state index in [1.54, 1.807) is 0 Å². The van der Waals surface area contributed by atoms with Crippen LogP contribution in [0.4, 0.5) is 15.8 Å². The van der Waals surface area contributed by atoms with Crippen LogP contribution in [0.2, 0.25) is 0 Å². The smallest absolute Gasteiger partial charge is 0.139 e. The van der Waals surface area contributed by atoms with E-state index in [9.17, 15) is 9.50 Å². The Balaban J connectivity index is 2.00. The molecule has 2 rings (SSSR count). The van der Waals surface area contributed by atoms with Crippen molar-refractivity contribution in [3.05, 3.63) is 22.4 Å². The van der Waals surface area contributed by atoms with Crippen LogP contribution in [0.1, 0.15) is 12.8 Å². The fraction of sp³-hybridized carbons (Fsp3) is 0.455. The summed E-state index contributed by atoms with van der Waals surface area (Å²) < 4.78 is 13.6. The lowest BCUT2D eigenvalue weighted by Crippen LogP contribution is -2.21. The van der Waals surface area contributed by atoms with E-state index in [2.05, 4.69) is 21.2 Å². The summed E-state index contributed by atoms with van der Waals surface area (Å²) in [6.45, 7) is 0.413. The van der Waals surface area contributed by atoms with Gasteiger partial charge in [0.05, 0.1) is 22.0 Å². The minimum absolute atomic E-state index is 0.346. The zero-order valence-electron chi connectivity index (χ0n) is 8.71. The fourth-order valence-electron chi connectivity index (χ4n) is 1.58. The van der Waals surface area contributed by atoms with Gasteiger partial charge in [-0.2, -0.15) is 0 Å². The zero-order chi connectivity index (χ0) is 11.7. The van der Waals surface area contributed by atoms with Crippen LogP contribution < -0.4 is 11.1 Å². The summed E-state index contributed by atoms with van der Waals surface area (Å²) in [5.41, 5.74) is 6.72. The van der Waals surface area contributed by atoms with E-state index in [4.69, 9.17) is 5.73 Å². The number of rotatable bonds is 4. The third-order valence-electron chi connectivity index (χ3n) is 2.76. The van der Waals surface area contributed by atoms with Crippen LogP contribution in [0.5, 0.6) is 0 Å². The van der Waals surface area contributed by atoms with E-state index in [-0.39, 0.29) is 11.9 Å². The summed E-state index contributed by atoms with van der Waals surface area (Å²) in [7, 11) is 0. The Bertz CT molecular complexity index is 396. The van der Waals surface area contributed by atoms with Gasteiger partial charge in [0.1, 0.15) is 5.82 Å². The van der Waals surface area contributed by atoms with Crippen LogP contribution in [-0.2, 0) is 0 Å². The molecule has 5 heteroatoms. The standard InChI is InChI=1S/C11H14BrFN2O/c12-7-3-9(14)10(4-8(7)13)15-5-11(16)6-1-2-6/h3-4,6,11,15-16H,1-2,5,14H2. The second-order valence-corrected chi connectivity index (χ2v) is 4.99. The van der Waals surface area contributed by atoms with Crippen LogP contribution in [0, 0.1) is 11.7 Å². The molecule has 16 heavy (non-hydrogen) atoms. The van der Waals surface area contributed by atoms with E-state index < -0.39 is 0 Å². The molecule has 1 fully saturated rings. The quantitative estimate of drug-likeness (QED) is 0.746. The first kappa shape index (κ1) is 11.7. The van der Waals surface area contributed by atoms with Gasteiger partial charge in [-0.05, 0) is 40.8 Å². The number of hydrogen-bond donors (Lipinski definition) is 3. The summed E-state index contributed by atoms with van der Waals surface area (Å²) in [5, 5.41) is 12.6. The molecule has 1 aromatic rings. The lowest BCUT2D eigenvalue weighted by molar-refractivity contribution is 0.164. The summed E-state index contributed by atoms with van der Waals surface area (Å²) in [4.78, 5) is 0. The maximum absolute atomic E-state index is 13.2. The van der Waals surface area contributed by atoms with E-state index >= 15 is 0 Å². The Hall–Kier alpha value is -0.810. The summed E-state index contributed by atoms with van der Waals surface area (Å²) in [5.74, 6) is 0.0339. The molecule has 0 heterocycles. The Morgan fingerprint density at radius 3 is 2.88 bits per heavy atom. The van der Waals surface area contributed by atoms with Crippen molar-refractivity contribution in [3.8, 4) is 0 Å². The number of nitrogens with one attached hydrogen (secondary N) is 1. The lowest BCUT2D eigenvalue weighted by Gasteiger charge is -2.14. The maximum Gasteiger partial charge on any atom is 0.139 e. The lowest BCUT2D eigenvalue weighted by atomic mass is 10.2. The summed E-state index contributed by atoms with van der Waals surface area (Å²) >= 11 is 3.06. The van der Waals surface area contributed by atoms with Crippen LogP contribution in [-0.4, -0.2) is 17.8 Å². The van der Waals surface area contributed by atoms with Gasteiger partial charge in [0, 0.05) is 12.6 Å². The molecule has 1 atom stereocenters. The minimum Gasteiger partial charge on any atom is -0.397 e. The van der Waals surface area contributed by atoms with Crippen molar-refractivity contribution < 1.29 is 9.50 Å². The molecule has 3 nitrogen and oxygen atoms in total. The first-order chi connectivity index (χ1) is 7.58. The summed E-state index contributed by atoms with van der Waals surface area (Å²) in [6.07, 6.45) is 1.78. The van der Waals surface area contributed by atoms with E-state index in [1.807, 2.05) is 0 Å². The predicted molar refractivity (Wildman–Crippen MR) is 65.7 cm³/mol. The second kappa shape index (κ2) is 4.59. The van der Waals surface area contributed by atoms with Crippen molar-refractivity contribution in [2.24, 2.45) is 5.92 Å². The van der Waals surface area contributed by atoms with E-state index in [0.29, 0.717) is 28.3 Å². The van der Waals surface area contributed by atoms with Gasteiger partial charge in [0.25, 0.3) is 0 Å². The molecule has 0 bridgehead atoms. The van der Waals surface area contributed by atoms with Crippen molar-refractivity contribution in [3.63, 3.8) is 0 Å². The van der Waals surface area contributed by atoms with Crippen molar-refractivity contribution in [2.45, 2.75) is 18.9 Å². The normalized spacial score (nSPS) is 17.2. The molecule has 0 radical (unpaired) electrons. The van der Waals surface area contributed by atoms with Gasteiger partial charge < -0.3 is 16.2 Å². The monoisotopic (exact) mass is 288 g/mol. The van der Waals surface area contributed by atoms with Gasteiger partial charge >= 0.3 is 0 Å². The molecule has 0 spiro atoms. The van der Waals surface area contributed by atoms with Crippen LogP contribution >= 0.6 is 15.9 Å². The fourth-order valence-corrected chi connectivity index (χ4v) is 1.94. The van der Waals surface area contributed by atoms with Crippen LogP contribution in [0.15, 0.2) is 16.6 Å². The van der Waals surface area contributed by atoms with Crippen molar-refractivity contribution >= 4 is 27.3 Å². The van der Waals surface area contributed by atoms with Crippen molar-refractivity contribution in [1.29, 1.82) is 0 Å². The van der Waals surface area contributed by atoms with Gasteiger partial charge in [0.2, 0.25) is 0 Å².